The van der Waals surface area contributed by atoms with E-state index in [2.05, 4.69) is 43.7 Å². The van der Waals surface area contributed by atoms with Crippen LogP contribution in [0.4, 0.5) is 17.3 Å². The first-order valence-corrected chi connectivity index (χ1v) is 21.4. The molecule has 0 saturated heterocycles. The van der Waals surface area contributed by atoms with E-state index in [-0.39, 0.29) is 43.8 Å². The Morgan fingerprint density at radius 3 is 2.50 bits per heavy atom. The molecule has 1 aromatic carbocycles. The molecule has 62 heavy (non-hydrogen) atoms. The molecular weight excluding hydrogens is 789 g/mol. The van der Waals surface area contributed by atoms with E-state index in [0.717, 1.165) is 61.3 Å². The number of aliphatic hydroxyl groups is 1. The average Bonchev–Trinajstić information content (AvgIpc) is 4.11. The highest BCUT2D eigenvalue weighted by atomic mass is 16.5. The number of aromatic nitrogens is 3. The normalized spacial score (nSPS) is 15.2. The third kappa shape index (κ3) is 12.0. The van der Waals surface area contributed by atoms with E-state index in [1.54, 1.807) is 41.3 Å². The number of hydrogen-bond acceptors (Lipinski definition) is 13. The highest BCUT2D eigenvalue weighted by Crippen LogP contribution is 2.50. The number of likely N-dealkylation sites (N-methyl/N-ethyl adjacent to an activating group) is 1. The summed E-state index contributed by atoms with van der Waals surface area (Å²) in [6.07, 6.45) is 10.9. The quantitative estimate of drug-likeness (QED) is 0.101. The van der Waals surface area contributed by atoms with Crippen molar-refractivity contribution < 1.29 is 29.0 Å². The van der Waals surface area contributed by atoms with Crippen molar-refractivity contribution in [1.29, 1.82) is 0 Å². The number of ether oxygens (including phenoxy) is 2. The summed E-state index contributed by atoms with van der Waals surface area (Å²) in [4.78, 5) is 63.5. The summed E-state index contributed by atoms with van der Waals surface area (Å²) in [5, 5.41) is 15.5. The molecule has 330 valence electrons. The second-order valence-corrected chi connectivity index (χ2v) is 15.8. The third-order valence-electron chi connectivity index (χ3n) is 11.1. The Labute approximate surface area is 364 Å². The van der Waals surface area contributed by atoms with E-state index in [9.17, 15) is 19.5 Å². The zero-order chi connectivity index (χ0) is 44.1. The van der Waals surface area contributed by atoms with E-state index >= 15 is 0 Å². The number of rotatable bonds is 23. The van der Waals surface area contributed by atoms with Crippen LogP contribution in [0.5, 0.6) is 0 Å². The lowest BCUT2D eigenvalue weighted by Gasteiger charge is -2.28. The van der Waals surface area contributed by atoms with Gasteiger partial charge in [0.1, 0.15) is 5.84 Å². The molecule has 3 aliphatic rings. The van der Waals surface area contributed by atoms with Crippen LogP contribution in [0, 0.1) is 0 Å². The van der Waals surface area contributed by atoms with E-state index in [0.29, 0.717) is 92.5 Å². The van der Waals surface area contributed by atoms with Crippen LogP contribution in [0.15, 0.2) is 60.3 Å². The van der Waals surface area contributed by atoms with Crippen LogP contribution in [-0.2, 0) is 42.2 Å². The fraction of sp³-hybridized carbons (Fsp3) is 0.457. The number of nitrogens with one attached hydrogen (secondary N) is 2. The highest BCUT2D eigenvalue weighted by molar-refractivity contribution is 6.06. The molecular formula is C46H60N10O6. The SMILES string of the molecule is C=Cc1cc(C=C)nc(N(C)CC(=O)NCCOCCOCCCN2CCc3ncc(NC(=O)C4(c5ccc6c(c5)N=C(N)CC(C(=O)N(CCC)CCO)=C6)CC4)cc3C2)n1. The number of nitrogens with zero attached hydrogens (tertiary/aromatic N) is 7. The van der Waals surface area contributed by atoms with Gasteiger partial charge >= 0.3 is 0 Å². The number of amidine groups is 1. The van der Waals surface area contributed by atoms with Gasteiger partial charge in [0.15, 0.2) is 0 Å². The molecule has 0 bridgehead atoms. The van der Waals surface area contributed by atoms with E-state index in [1.165, 1.54) is 0 Å². The number of anilines is 2. The Morgan fingerprint density at radius 1 is 1.03 bits per heavy atom. The summed E-state index contributed by atoms with van der Waals surface area (Å²) >= 11 is 0. The van der Waals surface area contributed by atoms with Gasteiger partial charge in [0.2, 0.25) is 23.7 Å². The van der Waals surface area contributed by atoms with Gasteiger partial charge < -0.3 is 40.7 Å². The monoisotopic (exact) mass is 848 g/mol. The molecule has 2 aromatic heterocycles. The van der Waals surface area contributed by atoms with Crippen molar-refractivity contribution >= 4 is 59.1 Å². The largest absolute Gasteiger partial charge is 0.395 e. The van der Waals surface area contributed by atoms with Crippen molar-refractivity contribution in [3.63, 3.8) is 0 Å². The molecule has 4 heterocycles. The fourth-order valence-corrected chi connectivity index (χ4v) is 7.67. The third-order valence-corrected chi connectivity index (χ3v) is 11.1. The van der Waals surface area contributed by atoms with Gasteiger partial charge in [-0.3, -0.25) is 24.3 Å². The Morgan fingerprint density at radius 2 is 1.79 bits per heavy atom. The molecule has 16 nitrogen and oxygen atoms in total. The number of carbonyl (C=O) groups is 3. The minimum atomic E-state index is -0.681. The molecule has 0 spiro atoms. The van der Waals surface area contributed by atoms with Crippen molar-refractivity contribution in [3.05, 3.63) is 89.0 Å². The van der Waals surface area contributed by atoms with Crippen LogP contribution in [0.1, 0.15) is 72.8 Å². The number of aliphatic hydroxyl groups excluding tert-OH is 1. The molecule has 1 fully saturated rings. The van der Waals surface area contributed by atoms with E-state index < -0.39 is 5.41 Å². The molecule has 0 radical (unpaired) electrons. The van der Waals surface area contributed by atoms with Crippen molar-refractivity contribution in [1.82, 2.24) is 30.1 Å². The Kier molecular flexibility index (Phi) is 16.1. The number of carbonyl (C=O) groups excluding carboxylic acids is 3. The molecule has 5 N–H and O–H groups in total. The van der Waals surface area contributed by atoms with Gasteiger partial charge in [-0.2, -0.15) is 0 Å². The molecule has 16 heteroatoms. The van der Waals surface area contributed by atoms with Crippen molar-refractivity contribution in [2.45, 2.75) is 57.4 Å². The second-order valence-electron chi connectivity index (χ2n) is 15.8. The molecule has 2 aliphatic heterocycles. The van der Waals surface area contributed by atoms with Crippen LogP contribution in [0.25, 0.3) is 18.2 Å². The molecule has 0 unspecified atom stereocenters. The summed E-state index contributed by atoms with van der Waals surface area (Å²) < 4.78 is 11.4. The summed E-state index contributed by atoms with van der Waals surface area (Å²) in [7, 11) is 1.75. The standard InChI is InChI=1S/C46H60N10O6/c1-5-15-56(18-19-57)43(59)33-24-32-9-10-35(27-40(32)53-41(47)26-33)46(12-13-46)44(60)50-38-25-34-30-55(17-11-39(34)49-29-38)16-8-20-61-22-23-62-21-14-48-42(58)31-54(4)45-51-36(6-2)28-37(7-3)52-45/h6-7,9-10,24-25,27-29,57H,2-3,5,8,11-23,26,30-31H2,1,4H3,(H2,47,53)(H,48,58)(H,50,60). The Balaban J connectivity index is 0.903. The Bertz CT molecular complexity index is 2140. The van der Waals surface area contributed by atoms with Crippen LogP contribution in [0.3, 0.4) is 0 Å². The number of aliphatic imine (C=N–C) groups is 1. The molecule has 3 aromatic rings. The lowest BCUT2D eigenvalue weighted by Crippen LogP contribution is -2.37. The second kappa shape index (κ2) is 21.8. The summed E-state index contributed by atoms with van der Waals surface area (Å²) in [5.41, 5.74) is 12.5. The first-order valence-electron chi connectivity index (χ1n) is 21.4. The Hall–Kier alpha value is -5.81. The minimum Gasteiger partial charge on any atom is -0.395 e. The van der Waals surface area contributed by atoms with Gasteiger partial charge in [-0.05, 0) is 73.2 Å². The predicted molar refractivity (Wildman–Crippen MR) is 242 cm³/mol. The first kappa shape index (κ1) is 45.7. The summed E-state index contributed by atoms with van der Waals surface area (Å²) in [6, 6.07) is 9.58. The average molecular weight is 849 g/mol. The van der Waals surface area contributed by atoms with Crippen molar-refractivity contribution in [3.8, 4) is 0 Å². The zero-order valence-electron chi connectivity index (χ0n) is 36.0. The first-order chi connectivity index (χ1) is 30.0. The maximum atomic E-state index is 13.9. The topological polar surface area (TPSA) is 201 Å². The smallest absolute Gasteiger partial charge is 0.250 e. The van der Waals surface area contributed by atoms with Gasteiger partial charge in [-0.25, -0.2) is 15.0 Å². The van der Waals surface area contributed by atoms with Crippen molar-refractivity contribution in [2.75, 3.05) is 89.6 Å². The van der Waals surface area contributed by atoms with Crippen LogP contribution in [0.2, 0.25) is 0 Å². The fourth-order valence-electron chi connectivity index (χ4n) is 7.67. The highest BCUT2D eigenvalue weighted by Gasteiger charge is 2.51. The van der Waals surface area contributed by atoms with Crippen LogP contribution in [-0.4, -0.2) is 133 Å². The van der Waals surface area contributed by atoms with Crippen LogP contribution >= 0.6 is 0 Å². The maximum Gasteiger partial charge on any atom is 0.250 e. The number of benzene rings is 1. The van der Waals surface area contributed by atoms with Gasteiger partial charge in [0.05, 0.1) is 67.3 Å². The molecule has 1 saturated carbocycles. The maximum absolute atomic E-state index is 13.9. The van der Waals surface area contributed by atoms with E-state index in [4.69, 9.17) is 20.2 Å². The molecule has 0 atom stereocenters. The van der Waals surface area contributed by atoms with Gasteiger partial charge in [0.25, 0.3) is 0 Å². The summed E-state index contributed by atoms with van der Waals surface area (Å²) in [5.74, 6) is 0.338. The predicted octanol–water partition coefficient (Wildman–Crippen LogP) is 3.87. The minimum absolute atomic E-state index is 0.0818. The van der Waals surface area contributed by atoms with E-state index in [1.807, 2.05) is 37.3 Å². The number of nitrogens with two attached hydrogens (primary N) is 1. The number of pyridine rings is 1. The number of fused-ring (bicyclic) bond motifs is 2. The zero-order valence-corrected chi connectivity index (χ0v) is 36.0. The lowest BCUT2D eigenvalue weighted by molar-refractivity contribution is -0.127. The van der Waals surface area contributed by atoms with Gasteiger partial charge in [0, 0.05) is 82.6 Å². The van der Waals surface area contributed by atoms with Gasteiger partial charge in [-0.15, -0.1) is 0 Å². The van der Waals surface area contributed by atoms with Crippen LogP contribution < -0.4 is 21.3 Å². The summed E-state index contributed by atoms with van der Waals surface area (Å²) in [6.45, 7) is 15.0. The van der Waals surface area contributed by atoms with Gasteiger partial charge in [-0.1, -0.05) is 32.2 Å². The molecule has 1 aliphatic carbocycles. The molecule has 6 rings (SSSR count). The number of hydrogen-bond donors (Lipinski definition) is 4. The lowest BCUT2D eigenvalue weighted by atomic mass is 9.92. The van der Waals surface area contributed by atoms with Crippen molar-refractivity contribution in [2.24, 2.45) is 10.7 Å². The number of amides is 3. The molecule has 3 amide bonds.